The van der Waals surface area contributed by atoms with Crippen LogP contribution in [-0.2, 0) is 6.54 Å². The Morgan fingerprint density at radius 1 is 1.04 bits per heavy atom. The van der Waals surface area contributed by atoms with Crippen LogP contribution in [0, 0.1) is 0 Å². The first-order chi connectivity index (χ1) is 13.3. The second-order valence-corrected chi connectivity index (χ2v) is 6.30. The summed E-state index contributed by atoms with van der Waals surface area (Å²) in [5, 5.41) is 7.38. The van der Waals surface area contributed by atoms with E-state index >= 15 is 0 Å². The number of para-hydroxylation sites is 1. The molecule has 4 heteroatoms. The maximum atomic E-state index is 12.4. The molecule has 0 saturated carbocycles. The Kier molecular flexibility index (Phi) is 4.54. The fraction of sp³-hybridized carbons (Fsp3) is 0.0435. The van der Waals surface area contributed by atoms with Crippen LogP contribution in [0.4, 0.5) is 0 Å². The molecular formula is C23H19N3O. The number of carbonyl (C=O) groups excluding carboxylic acids is 1. The number of fused-ring (bicyclic) bond motifs is 2. The molecule has 4 rings (SSSR count). The Morgan fingerprint density at radius 3 is 2.67 bits per heavy atom. The number of hydrogen-bond donors (Lipinski definition) is 1. The van der Waals surface area contributed by atoms with Crippen LogP contribution in [0.5, 0.6) is 0 Å². The Bertz CT molecular complexity index is 1170. The van der Waals surface area contributed by atoms with E-state index in [0.29, 0.717) is 5.56 Å². The number of benzene rings is 3. The molecule has 1 N–H and O–H groups in total. The molecule has 1 amide bonds. The predicted molar refractivity (Wildman–Crippen MR) is 111 cm³/mol. The third-order valence-corrected chi connectivity index (χ3v) is 4.53. The minimum absolute atomic E-state index is 0.230. The molecule has 0 spiro atoms. The zero-order valence-electron chi connectivity index (χ0n) is 14.8. The van der Waals surface area contributed by atoms with E-state index in [-0.39, 0.29) is 5.91 Å². The molecule has 0 fully saturated rings. The molecule has 0 radical (unpaired) electrons. The van der Waals surface area contributed by atoms with Crippen molar-refractivity contribution in [1.29, 1.82) is 0 Å². The van der Waals surface area contributed by atoms with E-state index in [2.05, 4.69) is 27.7 Å². The van der Waals surface area contributed by atoms with Gasteiger partial charge in [0.15, 0.2) is 0 Å². The lowest BCUT2D eigenvalue weighted by Crippen LogP contribution is -2.17. The number of nitrogens with one attached hydrogen (secondary N) is 1. The molecule has 0 aliphatic carbocycles. The van der Waals surface area contributed by atoms with Gasteiger partial charge in [0.05, 0.1) is 6.21 Å². The van der Waals surface area contributed by atoms with Crippen LogP contribution in [0.15, 0.2) is 90.7 Å². The Hall–Kier alpha value is -3.66. The van der Waals surface area contributed by atoms with Gasteiger partial charge in [0, 0.05) is 34.8 Å². The average molecular weight is 353 g/mol. The molecule has 0 saturated heterocycles. The van der Waals surface area contributed by atoms with Crippen LogP contribution in [0.25, 0.3) is 21.7 Å². The van der Waals surface area contributed by atoms with Crippen LogP contribution in [0.3, 0.4) is 0 Å². The molecule has 0 atom stereocenters. The second kappa shape index (κ2) is 7.30. The summed E-state index contributed by atoms with van der Waals surface area (Å²) < 4.78 is 2.11. The van der Waals surface area contributed by atoms with Gasteiger partial charge in [0.2, 0.25) is 0 Å². The molecule has 3 aromatic carbocycles. The van der Waals surface area contributed by atoms with Crippen molar-refractivity contribution in [3.05, 3.63) is 96.7 Å². The number of allylic oxidation sites excluding steroid dienone is 1. The molecule has 1 aromatic heterocycles. The number of nitrogens with zero attached hydrogens (tertiary/aromatic N) is 2. The van der Waals surface area contributed by atoms with Gasteiger partial charge >= 0.3 is 0 Å². The Morgan fingerprint density at radius 2 is 1.81 bits per heavy atom. The normalized spacial score (nSPS) is 11.3. The van der Waals surface area contributed by atoms with E-state index in [1.807, 2.05) is 72.9 Å². The van der Waals surface area contributed by atoms with Gasteiger partial charge in [-0.1, -0.05) is 54.6 Å². The second-order valence-electron chi connectivity index (χ2n) is 6.30. The number of amides is 1. The fourth-order valence-electron chi connectivity index (χ4n) is 3.22. The predicted octanol–water partition coefficient (Wildman–Crippen LogP) is 4.74. The van der Waals surface area contributed by atoms with Gasteiger partial charge in [0.25, 0.3) is 5.91 Å². The lowest BCUT2D eigenvalue weighted by molar-refractivity contribution is 0.0955. The highest BCUT2D eigenvalue weighted by molar-refractivity contribution is 6.01. The third-order valence-electron chi connectivity index (χ3n) is 4.53. The highest BCUT2D eigenvalue weighted by Crippen LogP contribution is 2.20. The van der Waals surface area contributed by atoms with E-state index in [4.69, 9.17) is 0 Å². The van der Waals surface area contributed by atoms with Crippen LogP contribution < -0.4 is 5.43 Å². The number of carbonyl (C=O) groups is 1. The summed E-state index contributed by atoms with van der Waals surface area (Å²) in [7, 11) is 0. The van der Waals surface area contributed by atoms with Crippen molar-refractivity contribution in [2.75, 3.05) is 0 Å². The smallest absolute Gasteiger partial charge is 0.271 e. The van der Waals surface area contributed by atoms with Crippen LogP contribution in [0.1, 0.15) is 15.9 Å². The summed E-state index contributed by atoms with van der Waals surface area (Å²) in [6.45, 7) is 4.52. The number of aromatic nitrogens is 1. The van der Waals surface area contributed by atoms with Crippen molar-refractivity contribution >= 4 is 33.8 Å². The van der Waals surface area contributed by atoms with Gasteiger partial charge in [-0.3, -0.25) is 4.79 Å². The molecule has 4 nitrogen and oxygen atoms in total. The Balaban J connectivity index is 1.55. The van der Waals surface area contributed by atoms with Crippen molar-refractivity contribution < 1.29 is 4.79 Å². The first kappa shape index (κ1) is 16.8. The molecule has 4 aromatic rings. The SMILES string of the molecule is C=CCn1cc(/C=N\NC(=O)c2ccc3ccccc3c2)c2ccccc21. The first-order valence-electron chi connectivity index (χ1n) is 8.77. The monoisotopic (exact) mass is 353 g/mol. The molecule has 0 aliphatic heterocycles. The van der Waals surface area contributed by atoms with E-state index in [1.54, 1.807) is 6.21 Å². The lowest BCUT2D eigenvalue weighted by atomic mass is 10.1. The van der Waals surface area contributed by atoms with E-state index in [1.165, 1.54) is 0 Å². The summed E-state index contributed by atoms with van der Waals surface area (Å²) in [6.07, 6.45) is 5.55. The van der Waals surface area contributed by atoms with Gasteiger partial charge in [-0.2, -0.15) is 5.10 Å². The van der Waals surface area contributed by atoms with E-state index in [0.717, 1.165) is 33.8 Å². The standard InChI is InChI=1S/C23H19N3O/c1-2-13-26-16-20(21-9-5-6-10-22(21)26)15-24-25-23(27)19-12-11-17-7-3-4-8-18(17)14-19/h2-12,14-16H,1,13H2,(H,25,27)/b24-15-. The van der Waals surface area contributed by atoms with E-state index in [9.17, 15) is 4.79 Å². The summed E-state index contributed by atoms with van der Waals surface area (Å²) in [6, 6.07) is 21.7. The summed E-state index contributed by atoms with van der Waals surface area (Å²) in [5.74, 6) is -0.230. The van der Waals surface area contributed by atoms with Crippen LogP contribution in [0.2, 0.25) is 0 Å². The third kappa shape index (κ3) is 3.37. The van der Waals surface area contributed by atoms with Gasteiger partial charge < -0.3 is 4.57 Å². The quantitative estimate of drug-likeness (QED) is 0.314. The van der Waals surface area contributed by atoms with Gasteiger partial charge in [-0.25, -0.2) is 5.43 Å². The van der Waals surface area contributed by atoms with Crippen molar-refractivity contribution in [3.8, 4) is 0 Å². The van der Waals surface area contributed by atoms with Crippen molar-refractivity contribution in [3.63, 3.8) is 0 Å². The molecule has 0 bridgehead atoms. The minimum atomic E-state index is -0.230. The Labute approximate surface area is 157 Å². The molecule has 27 heavy (non-hydrogen) atoms. The van der Waals surface area contributed by atoms with Gasteiger partial charge in [-0.05, 0) is 29.0 Å². The van der Waals surface area contributed by atoms with Crippen molar-refractivity contribution in [1.82, 2.24) is 9.99 Å². The van der Waals surface area contributed by atoms with Gasteiger partial charge in [0.1, 0.15) is 0 Å². The first-order valence-corrected chi connectivity index (χ1v) is 8.77. The molecule has 1 heterocycles. The van der Waals surface area contributed by atoms with Crippen LogP contribution in [-0.4, -0.2) is 16.7 Å². The molecular weight excluding hydrogens is 334 g/mol. The molecule has 132 valence electrons. The molecule has 0 unspecified atom stereocenters. The summed E-state index contributed by atoms with van der Waals surface area (Å²) >= 11 is 0. The van der Waals surface area contributed by atoms with Gasteiger partial charge in [-0.15, -0.1) is 6.58 Å². The van der Waals surface area contributed by atoms with Crippen molar-refractivity contribution in [2.45, 2.75) is 6.54 Å². The highest BCUT2D eigenvalue weighted by Gasteiger charge is 2.07. The zero-order chi connectivity index (χ0) is 18.6. The largest absolute Gasteiger partial charge is 0.343 e. The van der Waals surface area contributed by atoms with Crippen LogP contribution >= 0.6 is 0 Å². The lowest BCUT2D eigenvalue weighted by Gasteiger charge is -2.02. The number of rotatable bonds is 5. The highest BCUT2D eigenvalue weighted by atomic mass is 16.2. The average Bonchev–Trinajstić information content (AvgIpc) is 3.06. The topological polar surface area (TPSA) is 46.4 Å². The maximum Gasteiger partial charge on any atom is 0.271 e. The number of hydrogen-bond acceptors (Lipinski definition) is 2. The van der Waals surface area contributed by atoms with Crippen molar-refractivity contribution in [2.24, 2.45) is 5.10 Å². The maximum absolute atomic E-state index is 12.4. The molecule has 0 aliphatic rings. The van der Waals surface area contributed by atoms with E-state index < -0.39 is 0 Å². The minimum Gasteiger partial charge on any atom is -0.343 e. The summed E-state index contributed by atoms with van der Waals surface area (Å²) in [4.78, 5) is 12.4. The summed E-state index contributed by atoms with van der Waals surface area (Å²) in [5.41, 5.74) is 5.26. The number of hydrazone groups is 1. The fourth-order valence-corrected chi connectivity index (χ4v) is 3.22. The zero-order valence-corrected chi connectivity index (χ0v) is 14.8.